The minimum absolute atomic E-state index is 0.0976. The van der Waals surface area contributed by atoms with Crippen LogP contribution in [0.15, 0.2) is 18.2 Å². The van der Waals surface area contributed by atoms with Crippen molar-refractivity contribution in [3.63, 3.8) is 0 Å². The quantitative estimate of drug-likeness (QED) is 0.554. The first-order valence-corrected chi connectivity index (χ1v) is 7.51. The molecule has 144 valence electrons. The minimum Gasteiger partial charge on any atom is -0.344 e. The van der Waals surface area contributed by atoms with Crippen molar-refractivity contribution < 1.29 is 35.9 Å². The van der Waals surface area contributed by atoms with E-state index in [2.05, 4.69) is 5.32 Å². The van der Waals surface area contributed by atoms with Crippen LogP contribution in [0.4, 0.5) is 32.0 Å². The molecular weight excluding hydrogens is 368 g/mol. The van der Waals surface area contributed by atoms with Gasteiger partial charge in [-0.05, 0) is 36.6 Å². The van der Waals surface area contributed by atoms with E-state index in [1.165, 1.54) is 6.07 Å². The van der Waals surface area contributed by atoms with Crippen LogP contribution in [0.3, 0.4) is 0 Å². The van der Waals surface area contributed by atoms with Gasteiger partial charge >= 0.3 is 12.4 Å². The van der Waals surface area contributed by atoms with Gasteiger partial charge in [0.05, 0.1) is 5.56 Å². The fourth-order valence-electron chi connectivity index (χ4n) is 2.58. The van der Waals surface area contributed by atoms with Crippen molar-refractivity contribution >= 4 is 17.5 Å². The van der Waals surface area contributed by atoms with Gasteiger partial charge in [-0.15, -0.1) is 0 Å². The molecule has 0 bridgehead atoms. The first-order valence-electron chi connectivity index (χ1n) is 7.51. The fourth-order valence-corrected chi connectivity index (χ4v) is 2.58. The van der Waals surface area contributed by atoms with E-state index >= 15 is 0 Å². The summed E-state index contributed by atoms with van der Waals surface area (Å²) in [7, 11) is 0. The largest absolute Gasteiger partial charge is 0.416 e. The summed E-state index contributed by atoms with van der Waals surface area (Å²) in [4.78, 5) is 23.9. The molecule has 1 saturated heterocycles. The molecule has 0 spiro atoms. The van der Waals surface area contributed by atoms with Crippen LogP contribution in [0.2, 0.25) is 0 Å². The molecule has 0 aliphatic carbocycles. The van der Waals surface area contributed by atoms with Crippen molar-refractivity contribution in [1.82, 2.24) is 5.32 Å². The summed E-state index contributed by atoms with van der Waals surface area (Å²) in [5, 5.41) is 3.85. The van der Waals surface area contributed by atoms with Gasteiger partial charge in [0.2, 0.25) is 11.8 Å². The number of rotatable bonds is 3. The second kappa shape index (κ2) is 7.14. The van der Waals surface area contributed by atoms with Crippen LogP contribution in [-0.4, -0.2) is 24.0 Å². The summed E-state index contributed by atoms with van der Waals surface area (Å²) in [5.74, 6) is -3.53. The van der Waals surface area contributed by atoms with Crippen LogP contribution in [0.5, 0.6) is 0 Å². The molecule has 11 heteroatoms. The lowest BCUT2D eigenvalue weighted by Crippen LogP contribution is -2.53. The van der Waals surface area contributed by atoms with Gasteiger partial charge in [-0.1, -0.05) is 0 Å². The number of carbonyl (C=O) groups excluding carboxylic acids is 2. The monoisotopic (exact) mass is 383 g/mol. The predicted molar refractivity (Wildman–Crippen MR) is 78.7 cm³/mol. The lowest BCUT2D eigenvalue weighted by molar-refractivity contribution is -0.170. The summed E-state index contributed by atoms with van der Waals surface area (Å²) >= 11 is 0. The van der Waals surface area contributed by atoms with E-state index in [1.54, 1.807) is 5.32 Å². The zero-order chi connectivity index (χ0) is 19.7. The summed E-state index contributed by atoms with van der Waals surface area (Å²) in [6, 6.07) is 0.635. The van der Waals surface area contributed by atoms with E-state index in [-0.39, 0.29) is 24.2 Å². The van der Waals surface area contributed by atoms with Crippen LogP contribution in [-0.2, 0) is 22.3 Å². The minimum atomic E-state index is -4.67. The maximum absolute atomic E-state index is 12.9. The van der Waals surface area contributed by atoms with Crippen molar-refractivity contribution in [2.45, 2.75) is 37.8 Å². The molecule has 1 aromatic rings. The van der Waals surface area contributed by atoms with Crippen molar-refractivity contribution in [3.8, 4) is 0 Å². The molecule has 0 aromatic heterocycles. The molecule has 2 rings (SSSR count). The number of benzene rings is 1. The first kappa shape index (κ1) is 20.0. The fraction of sp³-hybridized carbons (Fsp3) is 0.467. The Morgan fingerprint density at radius 2 is 1.81 bits per heavy atom. The Morgan fingerprint density at radius 3 is 2.31 bits per heavy atom. The molecule has 1 aromatic carbocycles. The third kappa shape index (κ3) is 4.65. The van der Waals surface area contributed by atoms with Gasteiger partial charge < -0.3 is 16.4 Å². The highest BCUT2D eigenvalue weighted by atomic mass is 19.4. The number of nitrogens with two attached hydrogens (primary N) is 1. The predicted octanol–water partition coefficient (Wildman–Crippen LogP) is 2.56. The Morgan fingerprint density at radius 1 is 1.15 bits per heavy atom. The Labute approximate surface area is 143 Å². The smallest absolute Gasteiger partial charge is 0.344 e. The highest BCUT2D eigenvalue weighted by molar-refractivity contribution is 6.06. The van der Waals surface area contributed by atoms with Crippen molar-refractivity contribution in [2.24, 2.45) is 11.7 Å². The van der Waals surface area contributed by atoms with Crippen molar-refractivity contribution in [1.29, 1.82) is 0 Å². The lowest BCUT2D eigenvalue weighted by Gasteiger charge is -2.29. The van der Waals surface area contributed by atoms with E-state index in [4.69, 9.17) is 5.73 Å². The zero-order valence-corrected chi connectivity index (χ0v) is 13.2. The number of anilines is 1. The summed E-state index contributed by atoms with van der Waals surface area (Å²) < 4.78 is 76.4. The topological polar surface area (TPSA) is 84.2 Å². The number of amides is 2. The molecule has 0 radical (unpaired) electrons. The maximum atomic E-state index is 12.9. The summed E-state index contributed by atoms with van der Waals surface area (Å²) in [5.41, 5.74) is 4.15. The Kier molecular flexibility index (Phi) is 5.49. The van der Waals surface area contributed by atoms with Crippen LogP contribution in [0.1, 0.15) is 24.0 Å². The van der Waals surface area contributed by atoms with Crippen LogP contribution >= 0.6 is 0 Å². The molecule has 5 nitrogen and oxygen atoms in total. The van der Waals surface area contributed by atoms with Crippen LogP contribution in [0, 0.1) is 5.92 Å². The van der Waals surface area contributed by atoms with Gasteiger partial charge in [-0.3, -0.25) is 9.59 Å². The molecule has 1 heterocycles. The molecule has 1 aliphatic heterocycles. The van der Waals surface area contributed by atoms with Gasteiger partial charge in [-0.25, -0.2) is 0 Å². The molecule has 1 aliphatic rings. The highest BCUT2D eigenvalue weighted by Crippen LogP contribution is 2.33. The standard InChI is InChI=1S/C15H15F6N3O2/c16-14(17,18)8-3-7(6-22)4-9(5-8)23-12(25)10-1-2-11(15(19,20)21)24-13(10)26/h3-5,10-11H,1-2,6,22H2,(H,23,25)(H,24,26). The number of hydrogen-bond acceptors (Lipinski definition) is 3. The van der Waals surface area contributed by atoms with E-state index in [0.717, 1.165) is 6.07 Å². The summed E-state index contributed by atoms with van der Waals surface area (Å²) in [6.45, 7) is -0.218. The van der Waals surface area contributed by atoms with Crippen LogP contribution in [0.25, 0.3) is 0 Å². The van der Waals surface area contributed by atoms with Gasteiger partial charge in [-0.2, -0.15) is 26.3 Å². The average molecular weight is 383 g/mol. The van der Waals surface area contributed by atoms with Crippen LogP contribution < -0.4 is 16.4 Å². The van der Waals surface area contributed by atoms with Gasteiger partial charge in [0.25, 0.3) is 0 Å². The Hall–Kier alpha value is -2.30. The Balaban J connectivity index is 2.14. The number of halogens is 6. The SMILES string of the molecule is NCc1cc(NC(=O)C2CCC(C(F)(F)F)NC2=O)cc(C(F)(F)F)c1. The van der Waals surface area contributed by atoms with E-state index in [1.807, 2.05) is 0 Å². The molecule has 26 heavy (non-hydrogen) atoms. The van der Waals surface area contributed by atoms with E-state index in [9.17, 15) is 35.9 Å². The number of hydrogen-bond donors (Lipinski definition) is 3. The average Bonchev–Trinajstić information content (AvgIpc) is 2.52. The third-order valence-electron chi connectivity index (χ3n) is 3.91. The number of nitrogens with one attached hydrogen (secondary N) is 2. The van der Waals surface area contributed by atoms with Gasteiger partial charge in [0.1, 0.15) is 12.0 Å². The molecule has 2 amide bonds. The number of carbonyl (C=O) groups is 2. The molecule has 0 saturated carbocycles. The second-order valence-corrected chi connectivity index (χ2v) is 5.84. The van der Waals surface area contributed by atoms with E-state index in [0.29, 0.717) is 6.07 Å². The second-order valence-electron chi connectivity index (χ2n) is 5.84. The normalized spacial score (nSPS) is 21.3. The number of piperidine rings is 1. The zero-order valence-electron chi connectivity index (χ0n) is 13.2. The third-order valence-corrected chi connectivity index (χ3v) is 3.91. The molecule has 1 fully saturated rings. The van der Waals surface area contributed by atoms with Crippen molar-refractivity contribution in [3.05, 3.63) is 29.3 Å². The first-order chi connectivity index (χ1) is 11.9. The van der Waals surface area contributed by atoms with E-state index < -0.39 is 48.1 Å². The molecule has 2 unspecified atom stereocenters. The number of alkyl halides is 6. The lowest BCUT2D eigenvalue weighted by atomic mass is 9.92. The maximum Gasteiger partial charge on any atom is 0.416 e. The molecule has 4 N–H and O–H groups in total. The van der Waals surface area contributed by atoms with Gasteiger partial charge in [0.15, 0.2) is 0 Å². The highest BCUT2D eigenvalue weighted by Gasteiger charge is 2.46. The Bertz CT molecular complexity index is 702. The van der Waals surface area contributed by atoms with Crippen molar-refractivity contribution in [2.75, 3.05) is 5.32 Å². The summed E-state index contributed by atoms with van der Waals surface area (Å²) in [6.07, 6.45) is -10.2. The van der Waals surface area contributed by atoms with Gasteiger partial charge in [0, 0.05) is 12.2 Å². The molecule has 2 atom stereocenters. The molecular formula is C15H15F6N3O2.